The lowest BCUT2D eigenvalue weighted by Crippen LogP contribution is -2.36. The highest BCUT2D eigenvalue weighted by molar-refractivity contribution is 5.00. The van der Waals surface area contributed by atoms with E-state index in [1.54, 1.807) is 0 Å². The van der Waals surface area contributed by atoms with Crippen molar-refractivity contribution < 1.29 is 8.78 Å². The Kier molecular flexibility index (Phi) is 1.86. The summed E-state index contributed by atoms with van der Waals surface area (Å²) in [7, 11) is 0. The average Bonchev–Trinajstić information content (AvgIpc) is 2.60. The van der Waals surface area contributed by atoms with Crippen LogP contribution in [0.2, 0.25) is 0 Å². The Labute approximate surface area is 71.5 Å². The van der Waals surface area contributed by atoms with Gasteiger partial charge in [-0.3, -0.25) is 0 Å². The third-order valence-corrected chi connectivity index (χ3v) is 3.05. The van der Waals surface area contributed by atoms with E-state index in [0.717, 1.165) is 19.5 Å². The van der Waals surface area contributed by atoms with Crippen LogP contribution < -0.4 is 5.32 Å². The smallest absolute Gasteiger partial charge is 0.251 e. The first-order chi connectivity index (χ1) is 5.59. The van der Waals surface area contributed by atoms with E-state index in [1.165, 1.54) is 0 Å². The first-order valence-electron chi connectivity index (χ1n) is 4.68. The van der Waals surface area contributed by atoms with Crippen LogP contribution in [-0.4, -0.2) is 19.0 Å². The van der Waals surface area contributed by atoms with Crippen molar-refractivity contribution in [1.29, 1.82) is 0 Å². The third kappa shape index (κ3) is 1.47. The first-order valence-corrected chi connectivity index (χ1v) is 4.68. The molecule has 0 bridgehead atoms. The van der Waals surface area contributed by atoms with Crippen LogP contribution in [0, 0.1) is 17.8 Å². The highest BCUT2D eigenvalue weighted by atomic mass is 19.3. The minimum absolute atomic E-state index is 0.131. The number of halogens is 2. The molecule has 1 aliphatic heterocycles. The van der Waals surface area contributed by atoms with Gasteiger partial charge in [-0.1, -0.05) is 6.92 Å². The van der Waals surface area contributed by atoms with Gasteiger partial charge in [0.25, 0.3) is 5.92 Å². The van der Waals surface area contributed by atoms with E-state index in [4.69, 9.17) is 0 Å². The molecule has 12 heavy (non-hydrogen) atoms. The Bertz CT molecular complexity index is 181. The molecule has 1 saturated carbocycles. The fourth-order valence-corrected chi connectivity index (χ4v) is 2.25. The predicted molar refractivity (Wildman–Crippen MR) is 43.2 cm³/mol. The summed E-state index contributed by atoms with van der Waals surface area (Å²) in [4.78, 5) is 0. The van der Waals surface area contributed by atoms with E-state index < -0.39 is 5.92 Å². The average molecular weight is 175 g/mol. The molecule has 2 aliphatic rings. The molecule has 70 valence electrons. The zero-order valence-corrected chi connectivity index (χ0v) is 7.32. The molecular weight excluding hydrogens is 160 g/mol. The number of rotatable bonds is 1. The summed E-state index contributed by atoms with van der Waals surface area (Å²) < 4.78 is 25.4. The minimum Gasteiger partial charge on any atom is -0.316 e. The molecule has 0 radical (unpaired) electrons. The van der Waals surface area contributed by atoms with Gasteiger partial charge >= 0.3 is 0 Å². The molecule has 3 atom stereocenters. The Hall–Kier alpha value is -0.180. The fourth-order valence-electron chi connectivity index (χ4n) is 2.25. The SMILES string of the molecule is CC1CNC[C@H](C2CC2(F)F)C1. The molecule has 0 aromatic carbocycles. The molecule has 2 unspecified atom stereocenters. The molecule has 1 heterocycles. The molecule has 2 fully saturated rings. The van der Waals surface area contributed by atoms with Crippen molar-refractivity contribution in [3.05, 3.63) is 0 Å². The Morgan fingerprint density at radius 2 is 2.00 bits per heavy atom. The summed E-state index contributed by atoms with van der Waals surface area (Å²) in [5, 5.41) is 3.21. The van der Waals surface area contributed by atoms with Gasteiger partial charge in [-0.15, -0.1) is 0 Å². The van der Waals surface area contributed by atoms with E-state index in [2.05, 4.69) is 12.2 Å². The molecule has 1 saturated heterocycles. The van der Waals surface area contributed by atoms with Gasteiger partial charge in [0.15, 0.2) is 0 Å². The minimum atomic E-state index is -2.33. The molecule has 0 aromatic rings. The topological polar surface area (TPSA) is 12.0 Å². The van der Waals surface area contributed by atoms with Crippen molar-refractivity contribution in [3.8, 4) is 0 Å². The second kappa shape index (κ2) is 2.66. The summed E-state index contributed by atoms with van der Waals surface area (Å²) in [6.07, 6.45) is 1.11. The lowest BCUT2D eigenvalue weighted by molar-refractivity contribution is 0.0766. The van der Waals surface area contributed by atoms with Crippen LogP contribution in [0.3, 0.4) is 0 Å². The van der Waals surface area contributed by atoms with Gasteiger partial charge in [-0.25, -0.2) is 8.78 Å². The molecule has 0 amide bonds. The predicted octanol–water partition coefficient (Wildman–Crippen LogP) is 1.89. The lowest BCUT2D eigenvalue weighted by Gasteiger charge is -2.27. The quantitative estimate of drug-likeness (QED) is 0.641. The molecular formula is C9H15F2N. The lowest BCUT2D eigenvalue weighted by atomic mass is 9.88. The van der Waals surface area contributed by atoms with E-state index in [-0.39, 0.29) is 18.3 Å². The first kappa shape index (κ1) is 8.42. The summed E-state index contributed by atoms with van der Waals surface area (Å²) in [5.41, 5.74) is 0. The third-order valence-electron chi connectivity index (χ3n) is 3.05. The second-order valence-corrected chi connectivity index (χ2v) is 4.33. The van der Waals surface area contributed by atoms with Gasteiger partial charge in [-0.05, 0) is 31.3 Å². The molecule has 1 aliphatic carbocycles. The van der Waals surface area contributed by atoms with Crippen LogP contribution in [0.1, 0.15) is 19.8 Å². The van der Waals surface area contributed by atoms with Crippen LogP contribution in [0.25, 0.3) is 0 Å². The van der Waals surface area contributed by atoms with Crippen LogP contribution in [0.5, 0.6) is 0 Å². The van der Waals surface area contributed by atoms with E-state index >= 15 is 0 Å². The molecule has 0 spiro atoms. The Morgan fingerprint density at radius 1 is 1.33 bits per heavy atom. The Morgan fingerprint density at radius 3 is 2.50 bits per heavy atom. The van der Waals surface area contributed by atoms with Crippen molar-refractivity contribution in [2.24, 2.45) is 17.8 Å². The van der Waals surface area contributed by atoms with Crippen LogP contribution in [0.15, 0.2) is 0 Å². The molecule has 2 rings (SSSR count). The maximum Gasteiger partial charge on any atom is 0.251 e. The monoisotopic (exact) mass is 175 g/mol. The highest BCUT2D eigenvalue weighted by Gasteiger charge is 2.60. The summed E-state index contributed by atoms with van der Waals surface area (Å²) in [6, 6.07) is 0. The van der Waals surface area contributed by atoms with Crippen molar-refractivity contribution in [2.75, 3.05) is 13.1 Å². The van der Waals surface area contributed by atoms with Gasteiger partial charge in [-0.2, -0.15) is 0 Å². The van der Waals surface area contributed by atoms with Crippen molar-refractivity contribution >= 4 is 0 Å². The maximum absolute atomic E-state index is 12.7. The largest absolute Gasteiger partial charge is 0.316 e. The number of nitrogens with one attached hydrogen (secondary N) is 1. The van der Waals surface area contributed by atoms with Crippen molar-refractivity contribution in [2.45, 2.75) is 25.7 Å². The number of piperidine rings is 1. The van der Waals surface area contributed by atoms with Gasteiger partial charge in [0.2, 0.25) is 0 Å². The summed E-state index contributed by atoms with van der Waals surface area (Å²) >= 11 is 0. The normalized spacial score (nSPS) is 45.8. The zero-order valence-electron chi connectivity index (χ0n) is 7.32. The van der Waals surface area contributed by atoms with Crippen molar-refractivity contribution in [1.82, 2.24) is 5.32 Å². The maximum atomic E-state index is 12.7. The van der Waals surface area contributed by atoms with E-state index in [9.17, 15) is 8.78 Å². The standard InChI is InChI=1S/C9H15F2N/c1-6-2-7(5-12-4-6)8-3-9(8,10)11/h6-8,12H,2-5H2,1H3/t6?,7-,8?/m1/s1. The number of alkyl halides is 2. The molecule has 3 heteroatoms. The summed E-state index contributed by atoms with van der Waals surface area (Å²) in [6.45, 7) is 3.92. The highest BCUT2D eigenvalue weighted by Crippen LogP contribution is 2.54. The fraction of sp³-hybridized carbons (Fsp3) is 1.00. The van der Waals surface area contributed by atoms with Gasteiger partial charge < -0.3 is 5.32 Å². The molecule has 1 N–H and O–H groups in total. The van der Waals surface area contributed by atoms with Gasteiger partial charge in [0, 0.05) is 12.3 Å². The van der Waals surface area contributed by atoms with Crippen LogP contribution >= 0.6 is 0 Å². The molecule has 0 aromatic heterocycles. The Balaban J connectivity index is 1.89. The van der Waals surface area contributed by atoms with Crippen LogP contribution in [0.4, 0.5) is 8.78 Å². The van der Waals surface area contributed by atoms with Gasteiger partial charge in [0.05, 0.1) is 0 Å². The van der Waals surface area contributed by atoms with E-state index in [1.807, 2.05) is 0 Å². The van der Waals surface area contributed by atoms with Gasteiger partial charge in [0.1, 0.15) is 0 Å². The molecule has 1 nitrogen and oxygen atoms in total. The van der Waals surface area contributed by atoms with Crippen LogP contribution in [-0.2, 0) is 0 Å². The van der Waals surface area contributed by atoms with Crippen molar-refractivity contribution in [3.63, 3.8) is 0 Å². The van der Waals surface area contributed by atoms with E-state index in [0.29, 0.717) is 5.92 Å². The second-order valence-electron chi connectivity index (χ2n) is 4.33. The summed E-state index contributed by atoms with van der Waals surface area (Å²) in [5.74, 6) is -1.85. The number of hydrogen-bond donors (Lipinski definition) is 1. The number of hydrogen-bond acceptors (Lipinski definition) is 1. The zero-order chi connectivity index (χ0) is 8.77.